The van der Waals surface area contributed by atoms with Crippen LogP contribution in [0.25, 0.3) is 0 Å². The largest absolute Gasteiger partial charge is 0.322 e. The minimum Gasteiger partial charge on any atom is -0.322 e. The standard InChI is InChI=1S/C16H16N2O3S/c1-2-8-22-13-5-3-4-10-11(13)9-18(16(10)21)12-6-7-14(19)17-15(12)20/h2-5,12H,1,6-9H2,(H,17,19,20). The number of hydrogen-bond donors (Lipinski definition) is 1. The smallest absolute Gasteiger partial charge is 0.255 e. The zero-order chi connectivity index (χ0) is 15.7. The SMILES string of the molecule is C=CCSc1cccc2c1CN(C1CCC(=O)NC1=O)C2=O. The number of fused-ring (bicyclic) bond motifs is 1. The Morgan fingerprint density at radius 2 is 2.18 bits per heavy atom. The third-order valence-corrected chi connectivity index (χ3v) is 4.99. The maximum absolute atomic E-state index is 12.6. The first-order chi connectivity index (χ1) is 10.6. The Morgan fingerprint density at radius 3 is 2.91 bits per heavy atom. The van der Waals surface area contributed by atoms with Gasteiger partial charge in [0.05, 0.1) is 0 Å². The predicted octanol–water partition coefficient (Wildman–Crippen LogP) is 1.73. The lowest BCUT2D eigenvalue weighted by molar-refractivity contribution is -0.136. The highest BCUT2D eigenvalue weighted by Gasteiger charge is 2.39. The van der Waals surface area contributed by atoms with Crippen molar-refractivity contribution in [3.63, 3.8) is 0 Å². The molecule has 1 N–H and O–H groups in total. The van der Waals surface area contributed by atoms with Crippen LogP contribution in [0.3, 0.4) is 0 Å². The van der Waals surface area contributed by atoms with Crippen LogP contribution >= 0.6 is 11.8 Å². The number of thioether (sulfide) groups is 1. The number of hydrogen-bond acceptors (Lipinski definition) is 4. The Kier molecular flexibility index (Phi) is 4.02. The first-order valence-electron chi connectivity index (χ1n) is 7.12. The Morgan fingerprint density at radius 1 is 1.36 bits per heavy atom. The highest BCUT2D eigenvalue weighted by Crippen LogP contribution is 2.34. The van der Waals surface area contributed by atoms with Crippen molar-refractivity contribution in [3.05, 3.63) is 42.0 Å². The second-order valence-electron chi connectivity index (χ2n) is 5.28. The average molecular weight is 316 g/mol. The summed E-state index contributed by atoms with van der Waals surface area (Å²) in [5.74, 6) is -0.0147. The summed E-state index contributed by atoms with van der Waals surface area (Å²) in [6.45, 7) is 4.12. The van der Waals surface area contributed by atoms with E-state index in [1.54, 1.807) is 22.7 Å². The normalized spacial score (nSPS) is 20.8. The van der Waals surface area contributed by atoms with Gasteiger partial charge < -0.3 is 4.90 Å². The lowest BCUT2D eigenvalue weighted by Crippen LogP contribution is -2.52. The van der Waals surface area contributed by atoms with Gasteiger partial charge in [-0.3, -0.25) is 19.7 Å². The first-order valence-corrected chi connectivity index (χ1v) is 8.10. The maximum Gasteiger partial charge on any atom is 0.255 e. The zero-order valence-electron chi connectivity index (χ0n) is 12.0. The van der Waals surface area contributed by atoms with E-state index in [1.165, 1.54) is 0 Å². The van der Waals surface area contributed by atoms with E-state index in [0.717, 1.165) is 16.2 Å². The third kappa shape index (κ3) is 2.54. The molecule has 1 saturated heterocycles. The molecule has 0 spiro atoms. The van der Waals surface area contributed by atoms with Gasteiger partial charge in [0.2, 0.25) is 11.8 Å². The highest BCUT2D eigenvalue weighted by molar-refractivity contribution is 7.99. The fraction of sp³-hybridized carbons (Fsp3) is 0.312. The van der Waals surface area contributed by atoms with Crippen LogP contribution in [0.2, 0.25) is 0 Å². The molecule has 1 atom stereocenters. The minimum atomic E-state index is -0.560. The number of imide groups is 1. The van der Waals surface area contributed by atoms with Crippen molar-refractivity contribution in [1.29, 1.82) is 0 Å². The van der Waals surface area contributed by atoms with E-state index in [9.17, 15) is 14.4 Å². The molecular weight excluding hydrogens is 300 g/mol. The van der Waals surface area contributed by atoms with Crippen molar-refractivity contribution in [2.45, 2.75) is 30.3 Å². The molecule has 0 saturated carbocycles. The molecule has 3 amide bonds. The summed E-state index contributed by atoms with van der Waals surface area (Å²) in [6.07, 6.45) is 2.48. The molecule has 1 aromatic rings. The van der Waals surface area contributed by atoms with Crippen LogP contribution in [0.4, 0.5) is 0 Å². The van der Waals surface area contributed by atoms with Gasteiger partial charge in [-0.25, -0.2) is 0 Å². The van der Waals surface area contributed by atoms with Gasteiger partial charge in [0.15, 0.2) is 0 Å². The van der Waals surface area contributed by atoms with E-state index in [1.807, 2.05) is 18.2 Å². The summed E-state index contributed by atoms with van der Waals surface area (Å²) < 4.78 is 0. The molecule has 5 nitrogen and oxygen atoms in total. The second kappa shape index (κ2) is 5.96. The van der Waals surface area contributed by atoms with Gasteiger partial charge in [-0.2, -0.15) is 0 Å². The molecule has 0 radical (unpaired) electrons. The van der Waals surface area contributed by atoms with Gasteiger partial charge in [-0.05, 0) is 24.1 Å². The van der Waals surface area contributed by atoms with E-state index < -0.39 is 6.04 Å². The molecular formula is C16H16N2O3S. The molecule has 1 unspecified atom stereocenters. The van der Waals surface area contributed by atoms with E-state index in [0.29, 0.717) is 18.5 Å². The summed E-state index contributed by atoms with van der Waals surface area (Å²) in [5.41, 5.74) is 1.61. The molecule has 6 heteroatoms. The molecule has 0 aliphatic carbocycles. The number of carbonyl (C=O) groups is 3. The molecule has 2 aliphatic heterocycles. The van der Waals surface area contributed by atoms with Gasteiger partial charge in [-0.15, -0.1) is 18.3 Å². The molecule has 2 aliphatic rings. The Labute approximate surface area is 132 Å². The molecule has 2 heterocycles. The van der Waals surface area contributed by atoms with Crippen molar-refractivity contribution in [2.75, 3.05) is 5.75 Å². The number of piperidine rings is 1. The quantitative estimate of drug-likeness (QED) is 0.522. The predicted molar refractivity (Wildman–Crippen MR) is 83.4 cm³/mol. The van der Waals surface area contributed by atoms with Crippen molar-refractivity contribution in [1.82, 2.24) is 10.2 Å². The number of nitrogens with zero attached hydrogens (tertiary/aromatic N) is 1. The van der Waals surface area contributed by atoms with Gasteiger partial charge in [0.25, 0.3) is 5.91 Å². The summed E-state index contributed by atoms with van der Waals surface area (Å²) in [7, 11) is 0. The van der Waals surface area contributed by atoms with Crippen molar-refractivity contribution in [3.8, 4) is 0 Å². The van der Waals surface area contributed by atoms with Gasteiger partial charge in [0.1, 0.15) is 6.04 Å². The highest BCUT2D eigenvalue weighted by atomic mass is 32.2. The average Bonchev–Trinajstić information content (AvgIpc) is 2.83. The molecule has 1 aromatic carbocycles. The Balaban J connectivity index is 1.86. The van der Waals surface area contributed by atoms with Crippen molar-refractivity contribution < 1.29 is 14.4 Å². The fourth-order valence-electron chi connectivity index (χ4n) is 2.84. The number of carbonyl (C=O) groups excluding carboxylic acids is 3. The van der Waals surface area contributed by atoms with Crippen LogP contribution in [0.5, 0.6) is 0 Å². The molecule has 22 heavy (non-hydrogen) atoms. The van der Waals surface area contributed by atoms with E-state index in [4.69, 9.17) is 0 Å². The topological polar surface area (TPSA) is 66.5 Å². The second-order valence-corrected chi connectivity index (χ2v) is 6.34. The monoisotopic (exact) mass is 316 g/mol. The third-order valence-electron chi connectivity index (χ3n) is 3.90. The summed E-state index contributed by atoms with van der Waals surface area (Å²) in [4.78, 5) is 38.5. The summed E-state index contributed by atoms with van der Waals surface area (Å²) in [5, 5.41) is 2.31. The van der Waals surface area contributed by atoms with Crippen molar-refractivity contribution >= 4 is 29.5 Å². The number of nitrogens with one attached hydrogen (secondary N) is 1. The van der Waals surface area contributed by atoms with Crippen LogP contribution in [0, 0.1) is 0 Å². The maximum atomic E-state index is 12.6. The van der Waals surface area contributed by atoms with E-state index in [-0.39, 0.29) is 24.1 Å². The number of rotatable bonds is 4. The van der Waals surface area contributed by atoms with Gasteiger partial charge in [-0.1, -0.05) is 12.1 Å². The van der Waals surface area contributed by atoms with Gasteiger partial charge in [0, 0.05) is 29.2 Å². The zero-order valence-corrected chi connectivity index (χ0v) is 12.8. The molecule has 0 aromatic heterocycles. The van der Waals surface area contributed by atoms with Gasteiger partial charge >= 0.3 is 0 Å². The lowest BCUT2D eigenvalue weighted by Gasteiger charge is -2.29. The number of amides is 3. The Bertz CT molecular complexity index is 671. The Hall–Kier alpha value is -2.08. The minimum absolute atomic E-state index is 0.134. The van der Waals surface area contributed by atoms with Crippen molar-refractivity contribution in [2.24, 2.45) is 0 Å². The fourth-order valence-corrected chi connectivity index (χ4v) is 3.66. The molecule has 3 rings (SSSR count). The van der Waals surface area contributed by atoms with E-state index >= 15 is 0 Å². The van der Waals surface area contributed by atoms with Crippen LogP contribution in [0.15, 0.2) is 35.7 Å². The number of benzene rings is 1. The first kappa shape index (κ1) is 14.8. The van der Waals surface area contributed by atoms with Crippen LogP contribution in [0.1, 0.15) is 28.8 Å². The van der Waals surface area contributed by atoms with E-state index in [2.05, 4.69) is 11.9 Å². The summed E-state index contributed by atoms with van der Waals surface area (Å²) in [6, 6.07) is 5.07. The molecule has 0 bridgehead atoms. The van der Waals surface area contributed by atoms with Crippen LogP contribution in [-0.2, 0) is 16.1 Å². The lowest BCUT2D eigenvalue weighted by atomic mass is 10.0. The summed E-state index contributed by atoms with van der Waals surface area (Å²) >= 11 is 1.63. The molecule has 114 valence electrons. The molecule has 1 fully saturated rings. The van der Waals surface area contributed by atoms with Crippen LogP contribution in [-0.4, -0.2) is 34.4 Å². The van der Waals surface area contributed by atoms with Crippen LogP contribution < -0.4 is 5.32 Å².